The Bertz CT molecular complexity index is 397. The molecule has 1 N–H and O–H groups in total. The number of carbonyl (C=O) groups excluding carboxylic acids is 1. The maximum absolute atomic E-state index is 11.8. The molecule has 1 aliphatic rings. The van der Waals surface area contributed by atoms with Gasteiger partial charge >= 0.3 is 0 Å². The Balaban J connectivity index is 1.94. The molecule has 0 aromatic carbocycles. The fourth-order valence-electron chi connectivity index (χ4n) is 2.25. The standard InChI is InChI=1S/C12H16ClNO2/c1-12(2)6-5-8(7-12)14-11(15)9-3-4-10(13)16-9/h3-4,8H,5-7H2,1-2H3,(H,14,15). The van der Waals surface area contributed by atoms with Gasteiger partial charge in [-0.2, -0.15) is 0 Å². The third kappa shape index (κ3) is 2.59. The number of rotatable bonds is 2. The monoisotopic (exact) mass is 241 g/mol. The van der Waals surface area contributed by atoms with E-state index in [9.17, 15) is 4.79 Å². The average molecular weight is 242 g/mol. The highest BCUT2D eigenvalue weighted by Gasteiger charge is 2.32. The molecule has 1 unspecified atom stereocenters. The van der Waals surface area contributed by atoms with E-state index in [1.54, 1.807) is 12.1 Å². The van der Waals surface area contributed by atoms with Crippen molar-refractivity contribution in [1.82, 2.24) is 5.32 Å². The molecule has 1 atom stereocenters. The second kappa shape index (κ2) is 4.13. The van der Waals surface area contributed by atoms with Crippen LogP contribution >= 0.6 is 11.6 Å². The molecule has 0 radical (unpaired) electrons. The van der Waals surface area contributed by atoms with Gasteiger partial charge < -0.3 is 9.73 Å². The predicted molar refractivity (Wildman–Crippen MR) is 62.6 cm³/mol. The highest BCUT2D eigenvalue weighted by Crippen LogP contribution is 2.36. The number of nitrogens with one attached hydrogen (secondary N) is 1. The van der Waals surface area contributed by atoms with Crippen LogP contribution in [0, 0.1) is 5.41 Å². The van der Waals surface area contributed by atoms with Crippen LogP contribution in [0.15, 0.2) is 16.5 Å². The minimum Gasteiger partial charge on any atom is -0.440 e. The summed E-state index contributed by atoms with van der Waals surface area (Å²) < 4.78 is 5.06. The fraction of sp³-hybridized carbons (Fsp3) is 0.583. The summed E-state index contributed by atoms with van der Waals surface area (Å²) in [7, 11) is 0. The molecule has 88 valence electrons. The third-order valence-corrected chi connectivity index (χ3v) is 3.30. The Morgan fingerprint density at radius 3 is 2.81 bits per heavy atom. The normalized spacial score (nSPS) is 23.3. The molecule has 1 fully saturated rings. The van der Waals surface area contributed by atoms with Gasteiger partial charge in [-0.3, -0.25) is 4.79 Å². The molecule has 0 spiro atoms. The van der Waals surface area contributed by atoms with Crippen molar-refractivity contribution in [2.75, 3.05) is 0 Å². The summed E-state index contributed by atoms with van der Waals surface area (Å²) in [5.41, 5.74) is 0.332. The zero-order chi connectivity index (χ0) is 11.8. The first-order chi connectivity index (χ1) is 7.46. The molecule has 16 heavy (non-hydrogen) atoms. The van der Waals surface area contributed by atoms with Gasteiger partial charge in [-0.1, -0.05) is 13.8 Å². The zero-order valence-corrected chi connectivity index (χ0v) is 10.3. The molecule has 0 aliphatic heterocycles. The Morgan fingerprint density at radius 2 is 2.31 bits per heavy atom. The van der Waals surface area contributed by atoms with Crippen molar-refractivity contribution >= 4 is 17.5 Å². The van der Waals surface area contributed by atoms with Gasteiger partial charge in [0.2, 0.25) is 0 Å². The Labute approximate surface area is 100 Å². The number of halogens is 1. The van der Waals surface area contributed by atoms with E-state index < -0.39 is 0 Å². The van der Waals surface area contributed by atoms with Crippen molar-refractivity contribution in [3.8, 4) is 0 Å². The first kappa shape index (κ1) is 11.5. The molecule has 0 bridgehead atoms. The van der Waals surface area contributed by atoms with Gasteiger partial charge in [0.1, 0.15) is 0 Å². The van der Waals surface area contributed by atoms with Crippen LogP contribution in [0.3, 0.4) is 0 Å². The summed E-state index contributed by atoms with van der Waals surface area (Å²) in [6.45, 7) is 4.45. The van der Waals surface area contributed by atoms with Crippen LogP contribution in [0.1, 0.15) is 43.7 Å². The van der Waals surface area contributed by atoms with Gasteiger partial charge in [-0.15, -0.1) is 0 Å². The summed E-state index contributed by atoms with van der Waals surface area (Å²) >= 11 is 5.62. The molecule has 1 heterocycles. The molecule has 1 aliphatic carbocycles. The van der Waals surface area contributed by atoms with Crippen LogP contribution in [-0.4, -0.2) is 11.9 Å². The van der Waals surface area contributed by atoms with E-state index in [1.807, 2.05) is 0 Å². The van der Waals surface area contributed by atoms with E-state index >= 15 is 0 Å². The minimum absolute atomic E-state index is 0.172. The molecular formula is C12H16ClNO2. The van der Waals surface area contributed by atoms with Gasteiger partial charge in [0.05, 0.1) is 0 Å². The number of carbonyl (C=O) groups is 1. The lowest BCUT2D eigenvalue weighted by molar-refractivity contribution is 0.0908. The van der Waals surface area contributed by atoms with E-state index in [0.29, 0.717) is 5.41 Å². The van der Waals surface area contributed by atoms with Crippen LogP contribution in [0.25, 0.3) is 0 Å². The molecule has 1 saturated carbocycles. The molecule has 3 nitrogen and oxygen atoms in total. The smallest absolute Gasteiger partial charge is 0.287 e. The molecule has 0 saturated heterocycles. The summed E-state index contributed by atoms with van der Waals surface area (Å²) in [6.07, 6.45) is 3.21. The third-order valence-electron chi connectivity index (χ3n) is 3.10. The van der Waals surface area contributed by atoms with Crippen molar-refractivity contribution in [3.05, 3.63) is 23.1 Å². The predicted octanol–water partition coefficient (Wildman–Crippen LogP) is 3.24. The van der Waals surface area contributed by atoms with Crippen LogP contribution in [-0.2, 0) is 0 Å². The first-order valence-corrected chi connectivity index (χ1v) is 5.90. The number of hydrogen-bond acceptors (Lipinski definition) is 2. The van der Waals surface area contributed by atoms with Gasteiger partial charge in [0.25, 0.3) is 5.91 Å². The first-order valence-electron chi connectivity index (χ1n) is 5.52. The van der Waals surface area contributed by atoms with Crippen molar-refractivity contribution in [2.24, 2.45) is 5.41 Å². The summed E-state index contributed by atoms with van der Waals surface area (Å²) in [5, 5.41) is 3.22. The Morgan fingerprint density at radius 1 is 1.56 bits per heavy atom. The summed E-state index contributed by atoms with van der Waals surface area (Å²) in [4.78, 5) is 11.8. The number of hydrogen-bond donors (Lipinski definition) is 1. The van der Waals surface area contributed by atoms with Crippen molar-refractivity contribution in [3.63, 3.8) is 0 Å². The van der Waals surface area contributed by atoms with Crippen LogP contribution in [0.2, 0.25) is 5.22 Å². The van der Waals surface area contributed by atoms with E-state index in [1.165, 1.54) is 0 Å². The molecular weight excluding hydrogens is 226 g/mol. The van der Waals surface area contributed by atoms with Crippen molar-refractivity contribution in [2.45, 2.75) is 39.2 Å². The lowest BCUT2D eigenvalue weighted by Crippen LogP contribution is -2.33. The van der Waals surface area contributed by atoms with Gasteiger partial charge in [0.15, 0.2) is 11.0 Å². The van der Waals surface area contributed by atoms with E-state index in [-0.39, 0.29) is 22.9 Å². The van der Waals surface area contributed by atoms with Gasteiger partial charge in [0, 0.05) is 6.04 Å². The molecule has 1 aromatic rings. The van der Waals surface area contributed by atoms with E-state index in [2.05, 4.69) is 19.2 Å². The van der Waals surface area contributed by atoms with Crippen molar-refractivity contribution in [1.29, 1.82) is 0 Å². The molecule has 1 amide bonds. The lowest BCUT2D eigenvalue weighted by atomic mass is 9.92. The van der Waals surface area contributed by atoms with E-state index in [4.69, 9.17) is 16.0 Å². The summed E-state index contributed by atoms with van der Waals surface area (Å²) in [5.74, 6) is 0.115. The van der Waals surface area contributed by atoms with Crippen LogP contribution < -0.4 is 5.32 Å². The van der Waals surface area contributed by atoms with Crippen molar-refractivity contribution < 1.29 is 9.21 Å². The quantitative estimate of drug-likeness (QED) is 0.864. The maximum atomic E-state index is 11.8. The molecule has 2 rings (SSSR count). The minimum atomic E-state index is -0.172. The van der Waals surface area contributed by atoms with Crippen LogP contribution in [0.5, 0.6) is 0 Å². The number of amides is 1. The second-order valence-electron chi connectivity index (χ2n) is 5.18. The SMILES string of the molecule is CC1(C)CCC(NC(=O)c2ccc(Cl)o2)C1. The topological polar surface area (TPSA) is 42.2 Å². The Hall–Kier alpha value is -0.960. The zero-order valence-electron chi connectivity index (χ0n) is 9.55. The van der Waals surface area contributed by atoms with E-state index in [0.717, 1.165) is 19.3 Å². The highest BCUT2D eigenvalue weighted by atomic mass is 35.5. The largest absolute Gasteiger partial charge is 0.440 e. The Kier molecular flexibility index (Phi) is 2.98. The maximum Gasteiger partial charge on any atom is 0.287 e. The lowest BCUT2D eigenvalue weighted by Gasteiger charge is -2.17. The second-order valence-corrected chi connectivity index (χ2v) is 5.55. The highest BCUT2D eigenvalue weighted by molar-refractivity contribution is 6.29. The van der Waals surface area contributed by atoms with Gasteiger partial charge in [-0.25, -0.2) is 0 Å². The fourth-order valence-corrected chi connectivity index (χ4v) is 2.40. The van der Waals surface area contributed by atoms with Gasteiger partial charge in [-0.05, 0) is 48.4 Å². The summed E-state index contributed by atoms with van der Waals surface area (Å²) in [6, 6.07) is 3.43. The molecule has 4 heteroatoms. The van der Waals surface area contributed by atoms with Crippen LogP contribution in [0.4, 0.5) is 0 Å². The number of furan rings is 1. The molecule has 1 aromatic heterocycles. The average Bonchev–Trinajstić information content (AvgIpc) is 2.73.